The van der Waals surface area contributed by atoms with E-state index in [1.807, 2.05) is 18.2 Å². The van der Waals surface area contributed by atoms with Gasteiger partial charge in [0.2, 0.25) is 0 Å². The highest BCUT2D eigenvalue weighted by Gasteiger charge is 2.26. The summed E-state index contributed by atoms with van der Waals surface area (Å²) in [5, 5.41) is 19.2. The Morgan fingerprint density at radius 3 is 2.67 bits per heavy atom. The molecule has 0 aromatic heterocycles. The minimum Gasteiger partial charge on any atom is -0.387 e. The molecule has 3 nitrogen and oxygen atoms in total. The second kappa shape index (κ2) is 5.59. The summed E-state index contributed by atoms with van der Waals surface area (Å²) in [5.41, 5.74) is 4.04. The molecule has 1 N–H and O–H groups in total. The molecule has 0 saturated carbocycles. The standard InChI is InChI=1S/C18H18N2O/c1-13-11-20(17-5-3-2-4-16(13)17)12-18(21)15-8-6-14(10-19)7-9-15/h2-9,13,18,21H,11-12H2,1H3. The summed E-state index contributed by atoms with van der Waals surface area (Å²) in [6, 6.07) is 17.6. The molecule has 0 aliphatic carbocycles. The zero-order valence-electron chi connectivity index (χ0n) is 12.0. The number of β-amino-alcohol motifs (C(OH)–C–C–N with tert-alkyl or cyclic N) is 1. The lowest BCUT2D eigenvalue weighted by Gasteiger charge is -2.23. The van der Waals surface area contributed by atoms with Gasteiger partial charge in [-0.3, -0.25) is 0 Å². The van der Waals surface area contributed by atoms with E-state index in [4.69, 9.17) is 5.26 Å². The largest absolute Gasteiger partial charge is 0.387 e. The third-order valence-corrected chi connectivity index (χ3v) is 4.12. The van der Waals surface area contributed by atoms with E-state index in [0.29, 0.717) is 18.0 Å². The molecule has 0 spiro atoms. The summed E-state index contributed by atoms with van der Waals surface area (Å²) >= 11 is 0. The van der Waals surface area contributed by atoms with Crippen molar-refractivity contribution in [2.45, 2.75) is 18.9 Å². The molecular weight excluding hydrogens is 260 g/mol. The van der Waals surface area contributed by atoms with Gasteiger partial charge in [0, 0.05) is 24.7 Å². The summed E-state index contributed by atoms with van der Waals surface area (Å²) in [6.45, 7) is 3.73. The minimum atomic E-state index is -0.545. The van der Waals surface area contributed by atoms with E-state index in [1.54, 1.807) is 12.1 Å². The van der Waals surface area contributed by atoms with E-state index in [9.17, 15) is 5.11 Å². The quantitative estimate of drug-likeness (QED) is 0.937. The van der Waals surface area contributed by atoms with Crippen LogP contribution in [0.4, 0.5) is 5.69 Å². The van der Waals surface area contributed by atoms with E-state index < -0.39 is 6.10 Å². The maximum Gasteiger partial charge on any atom is 0.0991 e. The van der Waals surface area contributed by atoms with Gasteiger partial charge in [-0.1, -0.05) is 37.3 Å². The van der Waals surface area contributed by atoms with Crippen LogP contribution in [0.2, 0.25) is 0 Å². The molecule has 2 aromatic rings. The Morgan fingerprint density at radius 2 is 1.95 bits per heavy atom. The Bertz CT molecular complexity index is 672. The van der Waals surface area contributed by atoms with Crippen molar-refractivity contribution in [1.82, 2.24) is 0 Å². The Balaban J connectivity index is 1.76. The van der Waals surface area contributed by atoms with Gasteiger partial charge in [-0.15, -0.1) is 0 Å². The van der Waals surface area contributed by atoms with Gasteiger partial charge in [-0.2, -0.15) is 5.26 Å². The number of benzene rings is 2. The van der Waals surface area contributed by atoms with Gasteiger partial charge in [0.1, 0.15) is 0 Å². The van der Waals surface area contributed by atoms with Gasteiger partial charge >= 0.3 is 0 Å². The number of rotatable bonds is 3. The molecule has 0 amide bonds. The number of hydrogen-bond donors (Lipinski definition) is 1. The monoisotopic (exact) mass is 278 g/mol. The molecule has 1 aliphatic rings. The first kappa shape index (κ1) is 13.7. The lowest BCUT2D eigenvalue weighted by atomic mass is 10.0. The van der Waals surface area contributed by atoms with Crippen molar-refractivity contribution in [3.8, 4) is 6.07 Å². The van der Waals surface area contributed by atoms with Crippen molar-refractivity contribution in [3.63, 3.8) is 0 Å². The van der Waals surface area contributed by atoms with Crippen LogP contribution in [0.1, 0.15) is 35.6 Å². The van der Waals surface area contributed by atoms with Crippen molar-refractivity contribution in [2.24, 2.45) is 0 Å². The highest BCUT2D eigenvalue weighted by atomic mass is 16.3. The first-order valence-corrected chi connectivity index (χ1v) is 7.21. The van der Waals surface area contributed by atoms with E-state index in [1.165, 1.54) is 11.3 Å². The molecule has 1 heterocycles. The molecule has 21 heavy (non-hydrogen) atoms. The Morgan fingerprint density at radius 1 is 1.24 bits per heavy atom. The zero-order valence-corrected chi connectivity index (χ0v) is 12.0. The van der Waals surface area contributed by atoms with E-state index in [2.05, 4.69) is 36.1 Å². The smallest absolute Gasteiger partial charge is 0.0991 e. The van der Waals surface area contributed by atoms with Crippen LogP contribution in [0, 0.1) is 11.3 Å². The molecule has 106 valence electrons. The van der Waals surface area contributed by atoms with Crippen LogP contribution in [0.15, 0.2) is 48.5 Å². The maximum absolute atomic E-state index is 10.4. The molecule has 2 unspecified atom stereocenters. The predicted molar refractivity (Wildman–Crippen MR) is 83.2 cm³/mol. The number of anilines is 1. The van der Waals surface area contributed by atoms with Gasteiger partial charge < -0.3 is 10.0 Å². The number of para-hydroxylation sites is 1. The minimum absolute atomic E-state index is 0.495. The number of hydrogen-bond acceptors (Lipinski definition) is 3. The zero-order chi connectivity index (χ0) is 14.8. The Labute approximate surface area is 125 Å². The Hall–Kier alpha value is -2.31. The molecule has 3 rings (SSSR count). The molecular formula is C18H18N2O. The predicted octanol–water partition coefficient (Wildman–Crippen LogP) is 3.22. The molecule has 0 bridgehead atoms. The first-order chi connectivity index (χ1) is 10.2. The summed E-state index contributed by atoms with van der Waals surface area (Å²) in [7, 11) is 0. The summed E-state index contributed by atoms with van der Waals surface area (Å²) in [6.07, 6.45) is -0.545. The van der Waals surface area contributed by atoms with Gasteiger partial charge in [0.15, 0.2) is 0 Å². The Kier molecular flexibility index (Phi) is 3.64. The molecule has 2 aromatic carbocycles. The SMILES string of the molecule is CC1CN(CC(O)c2ccc(C#N)cc2)c2ccccc21. The van der Waals surface area contributed by atoms with E-state index in [0.717, 1.165) is 12.1 Å². The second-order valence-corrected chi connectivity index (χ2v) is 5.61. The van der Waals surface area contributed by atoms with Crippen LogP contribution in [-0.4, -0.2) is 18.2 Å². The molecule has 1 aliphatic heterocycles. The molecule has 0 saturated heterocycles. The average molecular weight is 278 g/mol. The van der Waals surface area contributed by atoms with Gasteiger partial charge in [-0.25, -0.2) is 0 Å². The molecule has 2 atom stereocenters. The van der Waals surface area contributed by atoms with Crippen molar-refractivity contribution in [3.05, 3.63) is 65.2 Å². The van der Waals surface area contributed by atoms with Crippen LogP contribution in [0.3, 0.4) is 0 Å². The summed E-state index contributed by atoms with van der Waals surface area (Å²) < 4.78 is 0. The van der Waals surface area contributed by atoms with Crippen LogP contribution >= 0.6 is 0 Å². The van der Waals surface area contributed by atoms with E-state index >= 15 is 0 Å². The number of aliphatic hydroxyl groups is 1. The van der Waals surface area contributed by atoms with Crippen LogP contribution in [0.5, 0.6) is 0 Å². The lowest BCUT2D eigenvalue weighted by molar-refractivity contribution is 0.183. The number of nitriles is 1. The highest BCUT2D eigenvalue weighted by Crippen LogP contribution is 2.36. The first-order valence-electron chi connectivity index (χ1n) is 7.21. The molecule has 0 radical (unpaired) electrons. The molecule has 0 fully saturated rings. The van der Waals surface area contributed by atoms with Crippen molar-refractivity contribution >= 4 is 5.69 Å². The van der Waals surface area contributed by atoms with Crippen LogP contribution in [0.25, 0.3) is 0 Å². The van der Waals surface area contributed by atoms with Crippen LogP contribution in [-0.2, 0) is 0 Å². The van der Waals surface area contributed by atoms with Gasteiger partial charge in [0.25, 0.3) is 0 Å². The van der Waals surface area contributed by atoms with Crippen LogP contribution < -0.4 is 4.90 Å². The molecule has 3 heteroatoms. The van der Waals surface area contributed by atoms with Gasteiger partial charge in [-0.05, 0) is 29.3 Å². The average Bonchev–Trinajstić information content (AvgIpc) is 2.84. The lowest BCUT2D eigenvalue weighted by Crippen LogP contribution is -2.27. The van der Waals surface area contributed by atoms with Crippen molar-refractivity contribution < 1.29 is 5.11 Å². The normalized spacial score (nSPS) is 18.1. The van der Waals surface area contributed by atoms with Crippen molar-refractivity contribution in [1.29, 1.82) is 5.26 Å². The van der Waals surface area contributed by atoms with Crippen molar-refractivity contribution in [2.75, 3.05) is 18.0 Å². The fourth-order valence-corrected chi connectivity index (χ4v) is 2.99. The number of nitrogens with zero attached hydrogens (tertiary/aromatic N) is 2. The second-order valence-electron chi connectivity index (χ2n) is 5.61. The topological polar surface area (TPSA) is 47.3 Å². The fraction of sp³-hybridized carbons (Fsp3) is 0.278. The van der Waals surface area contributed by atoms with E-state index in [-0.39, 0.29) is 0 Å². The van der Waals surface area contributed by atoms with Gasteiger partial charge in [0.05, 0.1) is 17.7 Å². The summed E-state index contributed by atoms with van der Waals surface area (Å²) in [4.78, 5) is 2.24. The highest BCUT2D eigenvalue weighted by molar-refractivity contribution is 5.60. The third kappa shape index (κ3) is 2.63. The number of fused-ring (bicyclic) bond motifs is 1. The third-order valence-electron chi connectivity index (χ3n) is 4.12. The maximum atomic E-state index is 10.4. The summed E-state index contributed by atoms with van der Waals surface area (Å²) in [5.74, 6) is 0.495. The number of aliphatic hydroxyl groups excluding tert-OH is 1. The fourth-order valence-electron chi connectivity index (χ4n) is 2.99.